The molecule has 0 spiro atoms. The molecule has 0 aliphatic carbocycles. The summed E-state index contributed by atoms with van der Waals surface area (Å²) in [5, 5.41) is 5.28. The highest BCUT2D eigenvalue weighted by molar-refractivity contribution is 5.93. The minimum atomic E-state index is -0.245. The summed E-state index contributed by atoms with van der Waals surface area (Å²) < 4.78 is 1.80. The van der Waals surface area contributed by atoms with E-state index in [-0.39, 0.29) is 11.8 Å². The van der Waals surface area contributed by atoms with Gasteiger partial charge in [0.25, 0.3) is 5.91 Å². The molecule has 17 heavy (non-hydrogen) atoms. The maximum Gasteiger partial charge on any atom is 0.257 e. The van der Waals surface area contributed by atoms with Crippen LogP contribution in [-0.2, 0) is 11.8 Å². The second-order valence-electron chi connectivity index (χ2n) is 3.51. The molecule has 0 aromatic carbocycles. The van der Waals surface area contributed by atoms with Gasteiger partial charge in [-0.1, -0.05) is 6.58 Å². The van der Waals surface area contributed by atoms with E-state index in [1.165, 1.54) is 6.08 Å². The molecule has 1 rings (SSSR count). The second-order valence-corrected chi connectivity index (χ2v) is 3.51. The van der Waals surface area contributed by atoms with Crippen molar-refractivity contribution in [2.75, 3.05) is 13.1 Å². The largest absolute Gasteiger partial charge is 0.351 e. The lowest BCUT2D eigenvalue weighted by molar-refractivity contribution is -0.671. The molecule has 0 aliphatic rings. The summed E-state index contributed by atoms with van der Waals surface area (Å²) in [6, 6.07) is 3.53. The molecule has 2 N–H and O–H groups in total. The Hall–Kier alpha value is -2.17. The number of aryl methyl sites for hydroxylation is 1. The van der Waals surface area contributed by atoms with Crippen molar-refractivity contribution >= 4 is 11.8 Å². The van der Waals surface area contributed by atoms with Crippen molar-refractivity contribution in [3.63, 3.8) is 0 Å². The molecular formula is C12H16N3O2+. The number of carbonyl (C=O) groups excluding carboxylic acids is 2. The Kier molecular flexibility index (Phi) is 4.87. The molecule has 90 valence electrons. The number of amides is 2. The van der Waals surface area contributed by atoms with Crippen molar-refractivity contribution in [3.05, 3.63) is 42.7 Å². The van der Waals surface area contributed by atoms with E-state index >= 15 is 0 Å². The summed E-state index contributed by atoms with van der Waals surface area (Å²) in [6.07, 6.45) is 4.78. The van der Waals surface area contributed by atoms with E-state index in [9.17, 15) is 9.59 Å². The summed E-state index contributed by atoms with van der Waals surface area (Å²) in [6.45, 7) is 4.10. The first kappa shape index (κ1) is 12.9. The van der Waals surface area contributed by atoms with Crippen LogP contribution < -0.4 is 15.2 Å². The zero-order chi connectivity index (χ0) is 12.7. The van der Waals surface area contributed by atoms with Gasteiger partial charge in [0.05, 0.1) is 0 Å². The lowest BCUT2D eigenvalue weighted by Gasteiger charge is -2.04. The van der Waals surface area contributed by atoms with E-state index in [0.717, 1.165) is 0 Å². The van der Waals surface area contributed by atoms with Gasteiger partial charge in [-0.25, -0.2) is 4.57 Å². The van der Waals surface area contributed by atoms with Crippen molar-refractivity contribution in [3.8, 4) is 0 Å². The van der Waals surface area contributed by atoms with Crippen molar-refractivity contribution in [1.82, 2.24) is 10.6 Å². The molecule has 0 unspecified atom stereocenters. The Morgan fingerprint density at radius 1 is 1.41 bits per heavy atom. The number of carbonyl (C=O) groups is 2. The third-order valence-electron chi connectivity index (χ3n) is 2.10. The Morgan fingerprint density at radius 3 is 2.76 bits per heavy atom. The van der Waals surface area contributed by atoms with E-state index in [4.69, 9.17) is 0 Å². The van der Waals surface area contributed by atoms with Gasteiger partial charge in [-0.05, 0) is 12.1 Å². The minimum absolute atomic E-state index is 0.158. The van der Waals surface area contributed by atoms with Crippen LogP contribution in [0.25, 0.3) is 0 Å². The fourth-order valence-electron chi connectivity index (χ4n) is 1.26. The van der Waals surface area contributed by atoms with E-state index in [1.807, 2.05) is 13.2 Å². The van der Waals surface area contributed by atoms with Crippen LogP contribution in [0.15, 0.2) is 37.2 Å². The molecule has 1 aromatic heterocycles. The smallest absolute Gasteiger partial charge is 0.257 e. The van der Waals surface area contributed by atoms with E-state index < -0.39 is 0 Å². The number of aromatic nitrogens is 1. The van der Waals surface area contributed by atoms with Crippen LogP contribution in [0, 0.1) is 0 Å². The van der Waals surface area contributed by atoms with Crippen molar-refractivity contribution in [1.29, 1.82) is 0 Å². The van der Waals surface area contributed by atoms with Crippen molar-refractivity contribution in [2.45, 2.75) is 0 Å². The van der Waals surface area contributed by atoms with Gasteiger partial charge in [-0.3, -0.25) is 9.59 Å². The van der Waals surface area contributed by atoms with Crippen LogP contribution in [0.4, 0.5) is 0 Å². The lowest BCUT2D eigenvalue weighted by Crippen LogP contribution is -2.35. The van der Waals surface area contributed by atoms with Gasteiger partial charge in [0.2, 0.25) is 5.91 Å². The van der Waals surface area contributed by atoms with Crippen molar-refractivity contribution in [2.24, 2.45) is 7.05 Å². The lowest BCUT2D eigenvalue weighted by atomic mass is 10.2. The Balaban J connectivity index is 2.35. The Morgan fingerprint density at radius 2 is 2.12 bits per heavy atom. The number of hydrogen-bond acceptors (Lipinski definition) is 2. The highest BCUT2D eigenvalue weighted by Gasteiger charge is 2.07. The molecule has 0 radical (unpaired) electrons. The Bertz CT molecular complexity index is 430. The van der Waals surface area contributed by atoms with Gasteiger partial charge >= 0.3 is 0 Å². The highest BCUT2D eigenvalue weighted by Crippen LogP contribution is 1.92. The summed E-state index contributed by atoms with van der Waals surface area (Å²) in [5.74, 6) is -0.403. The number of rotatable bonds is 5. The third-order valence-corrected chi connectivity index (χ3v) is 2.10. The number of nitrogens with zero attached hydrogens (tertiary/aromatic N) is 1. The topological polar surface area (TPSA) is 62.1 Å². The molecule has 0 bridgehead atoms. The van der Waals surface area contributed by atoms with Crippen LogP contribution in [-0.4, -0.2) is 24.9 Å². The predicted octanol–water partition coefficient (Wildman–Crippen LogP) is -0.457. The highest BCUT2D eigenvalue weighted by atomic mass is 16.2. The van der Waals surface area contributed by atoms with Crippen LogP contribution >= 0.6 is 0 Å². The molecule has 2 amide bonds. The summed E-state index contributed by atoms with van der Waals surface area (Å²) in [4.78, 5) is 22.5. The molecule has 5 heteroatoms. The molecule has 0 saturated carbocycles. The summed E-state index contributed by atoms with van der Waals surface area (Å²) in [5.41, 5.74) is 0.588. The third kappa shape index (κ3) is 4.46. The van der Waals surface area contributed by atoms with Gasteiger partial charge in [-0.15, -0.1) is 0 Å². The monoisotopic (exact) mass is 234 g/mol. The predicted molar refractivity (Wildman–Crippen MR) is 63.2 cm³/mol. The van der Waals surface area contributed by atoms with Crippen LogP contribution in [0.2, 0.25) is 0 Å². The van der Waals surface area contributed by atoms with Gasteiger partial charge in [-0.2, -0.15) is 0 Å². The summed E-state index contributed by atoms with van der Waals surface area (Å²) in [7, 11) is 1.85. The molecule has 0 aliphatic heterocycles. The normalized spacial score (nSPS) is 9.47. The first-order valence-electron chi connectivity index (χ1n) is 5.27. The van der Waals surface area contributed by atoms with E-state index in [2.05, 4.69) is 17.2 Å². The molecule has 1 heterocycles. The fourth-order valence-corrected chi connectivity index (χ4v) is 1.26. The van der Waals surface area contributed by atoms with Gasteiger partial charge in [0.15, 0.2) is 12.4 Å². The van der Waals surface area contributed by atoms with Gasteiger partial charge in [0.1, 0.15) is 12.6 Å². The minimum Gasteiger partial charge on any atom is -0.351 e. The first-order valence-corrected chi connectivity index (χ1v) is 5.27. The molecule has 1 aromatic rings. The fraction of sp³-hybridized carbons (Fsp3) is 0.250. The van der Waals surface area contributed by atoms with Gasteiger partial charge in [0, 0.05) is 19.2 Å². The average molecular weight is 234 g/mol. The van der Waals surface area contributed by atoms with E-state index in [0.29, 0.717) is 18.7 Å². The summed E-state index contributed by atoms with van der Waals surface area (Å²) >= 11 is 0. The molecular weight excluding hydrogens is 218 g/mol. The first-order chi connectivity index (χ1) is 8.13. The van der Waals surface area contributed by atoms with E-state index in [1.54, 1.807) is 22.9 Å². The molecule has 5 nitrogen and oxygen atoms in total. The van der Waals surface area contributed by atoms with Crippen LogP contribution in [0.5, 0.6) is 0 Å². The van der Waals surface area contributed by atoms with Crippen molar-refractivity contribution < 1.29 is 14.2 Å². The van der Waals surface area contributed by atoms with Crippen LogP contribution in [0.3, 0.4) is 0 Å². The SMILES string of the molecule is C=CC(=O)NCCNC(=O)c1ccc[n+](C)c1. The number of nitrogens with one attached hydrogen (secondary N) is 2. The second kappa shape index (κ2) is 6.42. The molecule has 0 saturated heterocycles. The zero-order valence-corrected chi connectivity index (χ0v) is 9.77. The maximum absolute atomic E-state index is 11.7. The standard InChI is InChI=1S/C12H15N3O2/c1-3-11(16)13-6-7-14-12(17)10-5-4-8-15(2)9-10/h3-5,8-9H,1,6-7H2,2H3,(H-,13,14,16,17)/p+1. The average Bonchev–Trinajstić information content (AvgIpc) is 2.34. The Labute approximate surface area is 100 Å². The zero-order valence-electron chi connectivity index (χ0n) is 9.77. The molecule has 0 atom stereocenters. The van der Waals surface area contributed by atoms with Gasteiger partial charge < -0.3 is 10.6 Å². The number of hydrogen-bond donors (Lipinski definition) is 2. The van der Waals surface area contributed by atoms with Crippen LogP contribution in [0.1, 0.15) is 10.4 Å². The quantitative estimate of drug-likeness (QED) is 0.411. The maximum atomic E-state index is 11.7. The number of pyridine rings is 1. The molecule has 0 fully saturated rings.